The van der Waals surface area contributed by atoms with Gasteiger partial charge in [-0.25, -0.2) is 26.3 Å². The molecule has 51 heavy (non-hydrogen) atoms. The molecule has 1 aliphatic carbocycles. The molecule has 285 valence electrons. The van der Waals surface area contributed by atoms with Gasteiger partial charge in [-0.05, 0) is 49.4 Å². The minimum Gasteiger partial charge on any atom is -0.0622 e. The second-order valence-corrected chi connectivity index (χ2v) is 17.3. The predicted molar refractivity (Wildman–Crippen MR) is 181 cm³/mol. The third kappa shape index (κ3) is 21.8. The van der Waals surface area contributed by atoms with Crippen LogP contribution in [0.5, 0.6) is 0 Å². The average Bonchev–Trinajstić information content (AvgIpc) is 3.63. The molecule has 0 nitrogen and oxygen atoms in total. The first-order valence-corrected chi connectivity index (χ1v) is 20.1. The molecule has 4 aromatic carbocycles. The van der Waals surface area contributed by atoms with Crippen LogP contribution in [0, 0.1) is 6.17 Å². The van der Waals surface area contributed by atoms with Gasteiger partial charge in [0.2, 0.25) is 0 Å². The summed E-state index contributed by atoms with van der Waals surface area (Å²) in [7, 11) is -11.4. The maximum atomic E-state index is 11.1. The van der Waals surface area contributed by atoms with Crippen LogP contribution in [0.1, 0.15) is 32.1 Å². The average molecular weight is 841 g/mol. The Hall–Kier alpha value is -2.23. The molecule has 0 atom stereocenters. The van der Waals surface area contributed by atoms with Crippen molar-refractivity contribution in [2.24, 2.45) is 0 Å². The third-order valence-corrected chi connectivity index (χ3v) is 11.9. The van der Waals surface area contributed by atoms with Crippen molar-refractivity contribution in [2.45, 2.75) is 44.5 Å². The summed E-state index contributed by atoms with van der Waals surface area (Å²) in [5, 5.41) is 5.89. The monoisotopic (exact) mass is 841 g/mol. The van der Waals surface area contributed by atoms with Gasteiger partial charge in [-0.3, -0.25) is 0 Å². The zero-order valence-electron chi connectivity index (χ0n) is 26.6. The molecule has 0 unspecified atom stereocenters. The normalized spacial score (nSPS) is 14.4. The van der Waals surface area contributed by atoms with Crippen LogP contribution in [-0.2, 0) is 16.8 Å². The van der Waals surface area contributed by atoms with Gasteiger partial charge in [-0.15, -0.1) is 0 Å². The Bertz CT molecular complexity index is 1310. The summed E-state index contributed by atoms with van der Waals surface area (Å²) < 4.78 is 135. The molecule has 0 saturated heterocycles. The number of benzene rings is 4. The Morgan fingerprint density at radius 1 is 0.431 bits per heavy atom. The third-order valence-electron chi connectivity index (χ3n) is 6.57. The predicted octanol–water partition coefficient (Wildman–Crippen LogP) is 13.2. The summed E-state index contributed by atoms with van der Waals surface area (Å²) in [5.74, 6) is 0. The first-order valence-electron chi connectivity index (χ1n) is 15.0. The van der Waals surface area contributed by atoms with E-state index < -0.39 is 26.3 Å². The molecule has 1 aliphatic rings. The van der Waals surface area contributed by atoms with Crippen molar-refractivity contribution in [3.63, 3.8) is 0 Å². The Labute approximate surface area is 301 Å². The Balaban J connectivity index is 0.000000462. The van der Waals surface area contributed by atoms with Crippen LogP contribution in [0.4, 0.5) is 55.9 Å². The minimum atomic E-state index is -10.7. The maximum absolute atomic E-state index is 11.1. The molecular formula is C34H34CoF13P3. The number of alkyl halides is 6. The van der Waals surface area contributed by atoms with Crippen molar-refractivity contribution < 1.29 is 72.7 Å². The van der Waals surface area contributed by atoms with Crippen LogP contribution in [0.25, 0.3) is 0 Å². The van der Waals surface area contributed by atoms with Gasteiger partial charge in [0.1, 0.15) is 0 Å². The zero-order valence-corrected chi connectivity index (χ0v) is 30.3. The van der Waals surface area contributed by atoms with Crippen molar-refractivity contribution >= 4 is 44.9 Å². The van der Waals surface area contributed by atoms with Crippen LogP contribution in [0.2, 0.25) is 0 Å². The molecule has 0 bridgehead atoms. The van der Waals surface area contributed by atoms with Crippen LogP contribution in [-0.4, -0.2) is 24.7 Å². The molecule has 0 spiro atoms. The van der Waals surface area contributed by atoms with E-state index in [1.165, 1.54) is 65.6 Å². The molecule has 4 aromatic rings. The largest absolute Gasteiger partial charge is 2.00 e. The molecule has 1 saturated carbocycles. The van der Waals surface area contributed by atoms with Gasteiger partial charge in [0, 0.05) is 6.17 Å². The van der Waals surface area contributed by atoms with Crippen LogP contribution in [0.15, 0.2) is 121 Å². The molecule has 5 rings (SSSR count). The van der Waals surface area contributed by atoms with E-state index in [9.17, 15) is 55.9 Å². The summed E-state index contributed by atoms with van der Waals surface area (Å²) in [6.45, 7) is 0. The van der Waals surface area contributed by atoms with Crippen molar-refractivity contribution in [3.8, 4) is 0 Å². The van der Waals surface area contributed by atoms with E-state index in [1.807, 2.05) is 0 Å². The van der Waals surface area contributed by atoms with Crippen LogP contribution >= 0.6 is 23.7 Å². The summed E-state index contributed by atoms with van der Waals surface area (Å²) in [6, 6.07) is 44.2. The second kappa shape index (κ2) is 19.7. The molecule has 0 N–H and O–H groups in total. The maximum Gasteiger partial charge on any atom is 2.00 e. The molecular weight excluding hydrogens is 807 g/mol. The molecule has 0 heterocycles. The Morgan fingerprint density at radius 3 is 0.745 bits per heavy atom. The van der Waals surface area contributed by atoms with E-state index >= 15 is 0 Å². The van der Waals surface area contributed by atoms with Crippen LogP contribution < -0.4 is 21.2 Å². The van der Waals surface area contributed by atoms with Crippen molar-refractivity contribution in [3.05, 3.63) is 127 Å². The van der Waals surface area contributed by atoms with E-state index in [2.05, 4.69) is 121 Å². The van der Waals surface area contributed by atoms with Gasteiger partial charge in [-0.2, -0.15) is 0 Å². The number of rotatable bonds is 7. The van der Waals surface area contributed by atoms with Crippen molar-refractivity contribution in [1.29, 1.82) is 0 Å². The SMILES string of the molecule is C1CCCC1.F[C-](C(F)(F)F)C(F)(F)F.F[P-](F)(F)(F)(F)F.[Co+2].c1ccc(P(CCP(c2ccccc2)c2ccccc2)c2ccccc2)cc1. The van der Waals surface area contributed by atoms with Gasteiger partial charge < -0.3 is 4.39 Å². The molecule has 0 aliphatic heterocycles. The van der Waals surface area contributed by atoms with E-state index in [-0.39, 0.29) is 32.6 Å². The summed E-state index contributed by atoms with van der Waals surface area (Å²) in [4.78, 5) is 0. The van der Waals surface area contributed by atoms with E-state index in [0.717, 1.165) is 0 Å². The first kappa shape index (κ1) is 46.8. The molecule has 0 amide bonds. The van der Waals surface area contributed by atoms with Gasteiger partial charge in [0.05, 0.1) is 0 Å². The molecule has 1 fully saturated rings. The Kier molecular flexibility index (Phi) is 18.1. The summed E-state index contributed by atoms with van der Waals surface area (Å²) in [5.41, 5.74) is 0. The number of hydrogen-bond donors (Lipinski definition) is 0. The van der Waals surface area contributed by atoms with E-state index in [4.69, 9.17) is 0 Å². The van der Waals surface area contributed by atoms with Gasteiger partial charge in [-0.1, -0.05) is 153 Å². The summed E-state index contributed by atoms with van der Waals surface area (Å²) >= 11 is 0. The van der Waals surface area contributed by atoms with E-state index in [0.29, 0.717) is 0 Å². The fourth-order valence-electron chi connectivity index (χ4n) is 4.49. The van der Waals surface area contributed by atoms with Gasteiger partial charge in [0.25, 0.3) is 0 Å². The van der Waals surface area contributed by atoms with Gasteiger partial charge in [0.15, 0.2) is 0 Å². The number of halogens is 13. The number of hydrogen-bond acceptors (Lipinski definition) is 0. The smallest absolute Gasteiger partial charge is 0.0622 e. The van der Waals surface area contributed by atoms with E-state index in [1.54, 1.807) is 0 Å². The topological polar surface area (TPSA) is 0 Å². The Morgan fingerprint density at radius 2 is 0.608 bits per heavy atom. The second-order valence-electron chi connectivity index (χ2n) is 10.7. The molecule has 17 heteroatoms. The molecule has 1 radical (unpaired) electrons. The standard InChI is InChI=1S/C26H24P2.C5H10.C3F7.Co.F6P/c1-5-13-23(14-6-1)27(24-15-7-2-8-16-24)21-22-28(25-17-9-3-10-18-25)26-19-11-4-12-20-26;1-2-4-5-3-1;4-1(2(5,6)7)3(8,9)10;;1-7(2,3,4,5)6/h1-20H,21-22H2;1-5H2;;;/q;;-1;+2;-1. The van der Waals surface area contributed by atoms with Crippen LogP contribution in [0.3, 0.4) is 0 Å². The molecule has 0 aromatic heterocycles. The quantitative estimate of drug-likeness (QED) is 0.0988. The minimum absolute atomic E-state index is 0. The van der Waals surface area contributed by atoms with Crippen molar-refractivity contribution in [1.82, 2.24) is 0 Å². The first-order chi connectivity index (χ1) is 23.0. The summed E-state index contributed by atoms with van der Waals surface area (Å²) in [6.07, 6.45) is -5.88. The fraction of sp³-hybridized carbons (Fsp3) is 0.265. The zero-order chi connectivity index (χ0) is 37.5. The van der Waals surface area contributed by atoms with Gasteiger partial charge >= 0.3 is 62.1 Å². The fourth-order valence-corrected chi connectivity index (χ4v) is 9.85. The van der Waals surface area contributed by atoms with Crippen molar-refractivity contribution in [2.75, 3.05) is 12.3 Å².